The molecule has 0 radical (unpaired) electrons. The normalized spacial score (nSPS) is 26.4. The number of hydrogen-bond donors (Lipinski definition) is 0. The Labute approximate surface area is 117 Å². The van der Waals surface area contributed by atoms with Crippen LogP contribution in [0.5, 0.6) is 0 Å². The van der Waals surface area contributed by atoms with E-state index in [2.05, 4.69) is 4.98 Å². The zero-order chi connectivity index (χ0) is 13.7. The summed E-state index contributed by atoms with van der Waals surface area (Å²) in [6.45, 7) is 3.65. The van der Waals surface area contributed by atoms with Gasteiger partial charge in [-0.05, 0) is 31.9 Å². The number of nitrogens with zero attached hydrogens (tertiary/aromatic N) is 3. The van der Waals surface area contributed by atoms with Crippen molar-refractivity contribution in [1.29, 1.82) is 0 Å². The van der Waals surface area contributed by atoms with Crippen LogP contribution in [0.1, 0.15) is 19.8 Å². The molecular formula is C15H17N3O2. The van der Waals surface area contributed by atoms with Gasteiger partial charge in [-0.1, -0.05) is 12.1 Å². The Bertz CT molecular complexity index is 633. The number of aromatic nitrogens is 1. The second-order valence-corrected chi connectivity index (χ2v) is 5.62. The maximum atomic E-state index is 12.4. The lowest BCUT2D eigenvalue weighted by molar-refractivity contribution is -0.135. The lowest BCUT2D eigenvalue weighted by Gasteiger charge is -2.40. The van der Waals surface area contributed by atoms with Gasteiger partial charge in [-0.15, -0.1) is 0 Å². The number of benzene rings is 1. The summed E-state index contributed by atoms with van der Waals surface area (Å²) in [7, 11) is 0. The molecule has 2 saturated heterocycles. The van der Waals surface area contributed by atoms with Crippen molar-refractivity contribution in [2.24, 2.45) is 0 Å². The molecule has 3 heterocycles. The van der Waals surface area contributed by atoms with Crippen molar-refractivity contribution in [1.82, 2.24) is 9.88 Å². The summed E-state index contributed by atoms with van der Waals surface area (Å²) in [5.41, 5.74) is 1.62. The van der Waals surface area contributed by atoms with Gasteiger partial charge in [-0.25, -0.2) is 0 Å². The maximum absolute atomic E-state index is 12.4. The van der Waals surface area contributed by atoms with Gasteiger partial charge in [0, 0.05) is 19.1 Å². The largest absolute Gasteiger partial charge is 0.423 e. The Morgan fingerprint density at radius 2 is 2.15 bits per heavy atom. The van der Waals surface area contributed by atoms with Gasteiger partial charge in [-0.3, -0.25) is 4.79 Å². The van der Waals surface area contributed by atoms with E-state index in [9.17, 15) is 4.79 Å². The number of hydrogen-bond acceptors (Lipinski definition) is 4. The Morgan fingerprint density at radius 3 is 3.00 bits per heavy atom. The molecule has 1 aromatic carbocycles. The molecule has 2 fully saturated rings. The smallest absolute Gasteiger partial charge is 0.299 e. The monoisotopic (exact) mass is 271 g/mol. The van der Waals surface area contributed by atoms with Crippen LogP contribution in [-0.4, -0.2) is 41.0 Å². The van der Waals surface area contributed by atoms with E-state index >= 15 is 0 Å². The van der Waals surface area contributed by atoms with E-state index in [1.54, 1.807) is 0 Å². The summed E-state index contributed by atoms with van der Waals surface area (Å²) >= 11 is 0. The van der Waals surface area contributed by atoms with E-state index < -0.39 is 0 Å². The predicted octanol–water partition coefficient (Wildman–Crippen LogP) is 2.03. The molecule has 0 spiro atoms. The van der Waals surface area contributed by atoms with E-state index in [0.29, 0.717) is 12.1 Å². The number of amides is 1. The summed E-state index contributed by atoms with van der Waals surface area (Å²) in [5, 5.41) is 0. The van der Waals surface area contributed by atoms with Gasteiger partial charge in [0.05, 0.1) is 0 Å². The molecule has 0 unspecified atom stereocenters. The fraction of sp³-hybridized carbons (Fsp3) is 0.467. The number of carbonyl (C=O) groups is 1. The molecular weight excluding hydrogens is 254 g/mol. The summed E-state index contributed by atoms with van der Waals surface area (Å²) in [6, 6.07) is 8.40. The van der Waals surface area contributed by atoms with Crippen LogP contribution < -0.4 is 4.90 Å². The van der Waals surface area contributed by atoms with Crippen molar-refractivity contribution in [3.63, 3.8) is 0 Å². The number of anilines is 1. The Kier molecular flexibility index (Phi) is 2.49. The quantitative estimate of drug-likeness (QED) is 0.796. The van der Waals surface area contributed by atoms with Crippen LogP contribution >= 0.6 is 0 Å². The zero-order valence-electron chi connectivity index (χ0n) is 11.5. The molecule has 0 bridgehead atoms. The van der Waals surface area contributed by atoms with Gasteiger partial charge < -0.3 is 14.2 Å². The van der Waals surface area contributed by atoms with Crippen LogP contribution in [0.15, 0.2) is 28.7 Å². The summed E-state index contributed by atoms with van der Waals surface area (Å²) in [4.78, 5) is 21.0. The first kappa shape index (κ1) is 11.8. The minimum atomic E-state index is -0.197. The molecule has 1 aromatic heterocycles. The first-order chi connectivity index (χ1) is 9.74. The summed E-state index contributed by atoms with van der Waals surface area (Å²) in [6.07, 6.45) is 2.18. The molecule has 5 heteroatoms. The van der Waals surface area contributed by atoms with Crippen molar-refractivity contribution in [2.75, 3.05) is 18.0 Å². The average Bonchev–Trinajstić information content (AvgIpc) is 3.08. The second kappa shape index (κ2) is 4.23. The average molecular weight is 271 g/mol. The van der Waals surface area contributed by atoms with Crippen molar-refractivity contribution in [2.45, 2.75) is 31.8 Å². The highest BCUT2D eigenvalue weighted by atomic mass is 16.4. The summed E-state index contributed by atoms with van der Waals surface area (Å²) in [5.74, 6) is 0.195. The third kappa shape index (κ3) is 1.62. The lowest BCUT2D eigenvalue weighted by Crippen LogP contribution is -2.58. The van der Waals surface area contributed by atoms with Crippen LogP contribution in [0.4, 0.5) is 6.01 Å². The van der Waals surface area contributed by atoms with Gasteiger partial charge in [-0.2, -0.15) is 4.98 Å². The van der Waals surface area contributed by atoms with Gasteiger partial charge in [0.15, 0.2) is 5.58 Å². The van der Waals surface area contributed by atoms with Crippen LogP contribution in [0.25, 0.3) is 11.1 Å². The van der Waals surface area contributed by atoms with E-state index in [1.165, 1.54) is 0 Å². The zero-order valence-corrected chi connectivity index (χ0v) is 11.5. The molecule has 2 aliphatic rings. The molecule has 20 heavy (non-hydrogen) atoms. The number of carbonyl (C=O) groups excluding carboxylic acids is 1. The molecule has 2 aliphatic heterocycles. The van der Waals surface area contributed by atoms with E-state index in [-0.39, 0.29) is 11.9 Å². The molecule has 1 amide bonds. The Morgan fingerprint density at radius 1 is 1.30 bits per heavy atom. The van der Waals surface area contributed by atoms with Gasteiger partial charge in [0.1, 0.15) is 11.6 Å². The fourth-order valence-corrected chi connectivity index (χ4v) is 3.30. The van der Waals surface area contributed by atoms with Gasteiger partial charge in [0.25, 0.3) is 6.01 Å². The van der Waals surface area contributed by atoms with Crippen LogP contribution in [0.3, 0.4) is 0 Å². The Balaban J connectivity index is 1.71. The highest BCUT2D eigenvalue weighted by Gasteiger charge is 2.41. The standard InChI is InChI=1S/C15H17N3O2/c1-10-14(19)17-8-4-5-11(17)9-18(10)15-16-12-6-2-3-7-13(12)20-15/h2-3,6-7,10-11H,4-5,8-9H2,1H3/t10-,11-/m0/s1. The number of oxazole rings is 1. The van der Waals surface area contributed by atoms with Crippen LogP contribution in [0, 0.1) is 0 Å². The molecule has 0 aliphatic carbocycles. The number of para-hydroxylation sites is 2. The van der Waals surface area contributed by atoms with Crippen LogP contribution in [0.2, 0.25) is 0 Å². The van der Waals surface area contributed by atoms with Crippen molar-refractivity contribution in [3.8, 4) is 0 Å². The van der Waals surface area contributed by atoms with E-state index in [4.69, 9.17) is 4.42 Å². The van der Waals surface area contributed by atoms with Gasteiger partial charge in [0.2, 0.25) is 5.91 Å². The minimum Gasteiger partial charge on any atom is -0.423 e. The van der Waals surface area contributed by atoms with E-state index in [0.717, 1.165) is 37.0 Å². The fourth-order valence-electron chi connectivity index (χ4n) is 3.30. The first-order valence-corrected chi connectivity index (χ1v) is 7.17. The highest BCUT2D eigenvalue weighted by molar-refractivity contribution is 5.87. The summed E-state index contributed by atoms with van der Waals surface area (Å²) < 4.78 is 5.82. The number of fused-ring (bicyclic) bond motifs is 2. The topological polar surface area (TPSA) is 49.6 Å². The second-order valence-electron chi connectivity index (χ2n) is 5.62. The van der Waals surface area contributed by atoms with Crippen molar-refractivity contribution in [3.05, 3.63) is 24.3 Å². The van der Waals surface area contributed by atoms with E-state index in [1.807, 2.05) is 41.0 Å². The molecule has 0 saturated carbocycles. The van der Waals surface area contributed by atoms with Crippen molar-refractivity contribution >= 4 is 23.0 Å². The Hall–Kier alpha value is -2.04. The molecule has 104 valence electrons. The first-order valence-electron chi connectivity index (χ1n) is 7.17. The maximum Gasteiger partial charge on any atom is 0.299 e. The minimum absolute atomic E-state index is 0.195. The SMILES string of the molecule is C[C@H]1C(=O)N2CCC[C@H]2CN1c1nc2ccccc2o1. The lowest BCUT2D eigenvalue weighted by atomic mass is 10.1. The number of piperazine rings is 1. The molecule has 0 N–H and O–H groups in total. The molecule has 4 rings (SSSR count). The van der Waals surface area contributed by atoms with Gasteiger partial charge >= 0.3 is 0 Å². The predicted molar refractivity (Wildman–Crippen MR) is 75.6 cm³/mol. The molecule has 2 aromatic rings. The molecule has 5 nitrogen and oxygen atoms in total. The molecule has 2 atom stereocenters. The van der Waals surface area contributed by atoms with Crippen molar-refractivity contribution < 1.29 is 9.21 Å². The van der Waals surface area contributed by atoms with Crippen LogP contribution in [-0.2, 0) is 4.79 Å². The highest BCUT2D eigenvalue weighted by Crippen LogP contribution is 2.30. The third-order valence-electron chi connectivity index (χ3n) is 4.42. The third-order valence-corrected chi connectivity index (χ3v) is 4.42. The number of rotatable bonds is 1.